The van der Waals surface area contributed by atoms with Gasteiger partial charge in [0.25, 0.3) is 5.91 Å². The van der Waals surface area contributed by atoms with Crippen LogP contribution in [0, 0.1) is 0 Å². The van der Waals surface area contributed by atoms with Gasteiger partial charge in [-0.3, -0.25) is 9.78 Å². The monoisotopic (exact) mass is 456 g/mol. The topological polar surface area (TPSA) is 120 Å². The van der Waals surface area contributed by atoms with E-state index in [1.54, 1.807) is 38.4 Å². The molecule has 2 N–H and O–H groups in total. The number of anilines is 1. The highest BCUT2D eigenvalue weighted by Crippen LogP contribution is 2.27. The van der Waals surface area contributed by atoms with Gasteiger partial charge in [-0.15, -0.1) is 0 Å². The highest BCUT2D eigenvalue weighted by atomic mass is 32.2. The number of hydrogen-bond acceptors (Lipinski definition) is 7. The zero-order chi connectivity index (χ0) is 23.1. The number of rotatable bonds is 9. The highest BCUT2D eigenvalue weighted by Gasteiger charge is 2.23. The van der Waals surface area contributed by atoms with Crippen LogP contribution in [-0.4, -0.2) is 37.4 Å². The van der Waals surface area contributed by atoms with Gasteiger partial charge in [0.2, 0.25) is 10.0 Å². The van der Waals surface area contributed by atoms with Crippen LogP contribution in [0.2, 0.25) is 0 Å². The first-order valence-electron chi connectivity index (χ1n) is 9.78. The Bertz CT molecular complexity index is 1180. The Morgan fingerprint density at radius 2 is 1.81 bits per heavy atom. The van der Waals surface area contributed by atoms with E-state index in [0.29, 0.717) is 5.75 Å². The van der Waals surface area contributed by atoms with Crippen LogP contribution in [0.5, 0.6) is 11.5 Å². The van der Waals surface area contributed by atoms with Crippen molar-refractivity contribution in [1.29, 1.82) is 0 Å². The Morgan fingerprint density at radius 1 is 1.06 bits per heavy atom. The van der Waals surface area contributed by atoms with Crippen molar-refractivity contribution >= 4 is 21.7 Å². The number of benzene rings is 1. The number of aromatic nitrogens is 2. The highest BCUT2D eigenvalue weighted by molar-refractivity contribution is 7.89. The van der Waals surface area contributed by atoms with Crippen molar-refractivity contribution < 1.29 is 22.7 Å². The average Bonchev–Trinajstić information content (AvgIpc) is 2.78. The molecule has 3 aromatic rings. The Labute approximate surface area is 186 Å². The summed E-state index contributed by atoms with van der Waals surface area (Å²) < 4.78 is 38.8. The molecule has 0 aliphatic carbocycles. The van der Waals surface area contributed by atoms with Crippen molar-refractivity contribution in [2.45, 2.75) is 31.4 Å². The number of nitrogens with zero attached hydrogens (tertiary/aromatic N) is 2. The van der Waals surface area contributed by atoms with Gasteiger partial charge in [-0.25, -0.2) is 18.1 Å². The summed E-state index contributed by atoms with van der Waals surface area (Å²) in [5, 5.41) is 2.68. The lowest BCUT2D eigenvalue weighted by Crippen LogP contribution is -2.30. The Balaban J connectivity index is 1.83. The molecule has 0 fully saturated rings. The molecule has 0 saturated carbocycles. The van der Waals surface area contributed by atoms with Crippen molar-refractivity contribution in [2.24, 2.45) is 0 Å². The van der Waals surface area contributed by atoms with Crippen LogP contribution in [0.3, 0.4) is 0 Å². The van der Waals surface area contributed by atoms with Crippen molar-refractivity contribution in [3.8, 4) is 11.5 Å². The quantitative estimate of drug-likeness (QED) is 0.508. The number of methoxy groups -OCH3 is 1. The standard InChI is InChI=1S/C22H24N4O5S/c1-15(2)26-32(28,29)20-13-17(6-7-18(20)30-3)22(27)25-21-19(5-4-10-24-21)31-14-16-8-11-23-12-9-16/h4-13,15,26H,14H2,1-3H3,(H,24,25,27). The molecule has 168 valence electrons. The summed E-state index contributed by atoms with van der Waals surface area (Å²) in [7, 11) is -2.51. The summed E-state index contributed by atoms with van der Waals surface area (Å²) in [4.78, 5) is 20.9. The fraction of sp³-hybridized carbons (Fsp3) is 0.227. The van der Waals surface area contributed by atoms with Crippen LogP contribution in [0.4, 0.5) is 5.82 Å². The van der Waals surface area contributed by atoms with Crippen LogP contribution in [-0.2, 0) is 16.6 Å². The van der Waals surface area contributed by atoms with E-state index in [9.17, 15) is 13.2 Å². The molecule has 3 rings (SSSR count). The van der Waals surface area contributed by atoms with Gasteiger partial charge in [-0.2, -0.15) is 0 Å². The molecule has 10 heteroatoms. The molecule has 0 saturated heterocycles. The van der Waals surface area contributed by atoms with E-state index in [1.165, 1.54) is 31.5 Å². The van der Waals surface area contributed by atoms with Crippen molar-refractivity contribution in [2.75, 3.05) is 12.4 Å². The van der Waals surface area contributed by atoms with Crippen LogP contribution in [0.1, 0.15) is 29.8 Å². The second-order valence-electron chi connectivity index (χ2n) is 7.09. The zero-order valence-electron chi connectivity index (χ0n) is 17.9. The number of hydrogen-bond donors (Lipinski definition) is 2. The summed E-state index contributed by atoms with van der Waals surface area (Å²) in [6.07, 6.45) is 4.84. The van der Waals surface area contributed by atoms with Gasteiger partial charge in [0.05, 0.1) is 7.11 Å². The van der Waals surface area contributed by atoms with Gasteiger partial charge in [0, 0.05) is 30.2 Å². The maximum Gasteiger partial charge on any atom is 0.256 e. The van der Waals surface area contributed by atoms with E-state index >= 15 is 0 Å². The fourth-order valence-electron chi connectivity index (χ4n) is 2.82. The van der Waals surface area contributed by atoms with Gasteiger partial charge in [-0.05, 0) is 61.9 Å². The summed E-state index contributed by atoms with van der Waals surface area (Å²) in [6.45, 7) is 3.67. The minimum absolute atomic E-state index is 0.126. The third-order valence-electron chi connectivity index (χ3n) is 4.25. The molecular formula is C22H24N4O5S. The van der Waals surface area contributed by atoms with Crippen LogP contribution < -0.4 is 19.5 Å². The minimum atomic E-state index is -3.88. The molecule has 1 aromatic carbocycles. The Kier molecular flexibility index (Phi) is 7.39. The van der Waals surface area contributed by atoms with E-state index in [-0.39, 0.29) is 34.7 Å². The molecule has 2 aromatic heterocycles. The van der Waals surface area contributed by atoms with Crippen LogP contribution >= 0.6 is 0 Å². The van der Waals surface area contributed by atoms with Gasteiger partial charge in [0.1, 0.15) is 17.3 Å². The number of amides is 1. The van der Waals surface area contributed by atoms with Crippen molar-refractivity contribution in [3.05, 3.63) is 72.2 Å². The molecule has 0 radical (unpaired) electrons. The molecule has 9 nitrogen and oxygen atoms in total. The fourth-order valence-corrected chi connectivity index (χ4v) is 4.27. The van der Waals surface area contributed by atoms with Crippen molar-refractivity contribution in [3.63, 3.8) is 0 Å². The van der Waals surface area contributed by atoms with Gasteiger partial charge < -0.3 is 14.8 Å². The molecule has 2 heterocycles. The maximum atomic E-state index is 12.9. The molecule has 1 amide bonds. The Morgan fingerprint density at radius 3 is 2.50 bits per heavy atom. The predicted octanol–water partition coefficient (Wildman–Crippen LogP) is 3.00. The van der Waals surface area contributed by atoms with E-state index in [0.717, 1.165) is 5.56 Å². The first kappa shape index (κ1) is 23.2. The number of pyridine rings is 2. The first-order valence-corrected chi connectivity index (χ1v) is 11.3. The maximum absolute atomic E-state index is 12.9. The summed E-state index contributed by atoms with van der Waals surface area (Å²) in [6, 6.07) is 10.9. The number of nitrogens with one attached hydrogen (secondary N) is 2. The second-order valence-corrected chi connectivity index (χ2v) is 8.77. The Hall–Kier alpha value is -3.50. The van der Waals surface area contributed by atoms with Gasteiger partial charge in [-0.1, -0.05) is 0 Å². The predicted molar refractivity (Wildman–Crippen MR) is 119 cm³/mol. The lowest BCUT2D eigenvalue weighted by atomic mass is 10.2. The third-order valence-corrected chi connectivity index (χ3v) is 5.93. The minimum Gasteiger partial charge on any atom is -0.495 e. The average molecular weight is 457 g/mol. The van der Waals surface area contributed by atoms with Crippen molar-refractivity contribution in [1.82, 2.24) is 14.7 Å². The number of ether oxygens (including phenoxy) is 2. The first-order chi connectivity index (χ1) is 15.3. The van der Waals surface area contributed by atoms with Gasteiger partial charge in [0.15, 0.2) is 11.6 Å². The van der Waals surface area contributed by atoms with E-state index < -0.39 is 15.9 Å². The molecule has 0 aliphatic rings. The SMILES string of the molecule is COc1ccc(C(=O)Nc2ncccc2OCc2ccncc2)cc1S(=O)(=O)NC(C)C. The summed E-state index contributed by atoms with van der Waals surface area (Å²) >= 11 is 0. The molecule has 0 aliphatic heterocycles. The third kappa shape index (κ3) is 5.80. The lowest BCUT2D eigenvalue weighted by Gasteiger charge is -2.15. The van der Waals surface area contributed by atoms with E-state index in [4.69, 9.17) is 9.47 Å². The normalized spacial score (nSPS) is 11.2. The summed E-state index contributed by atoms with van der Waals surface area (Å²) in [5.41, 5.74) is 1.03. The number of carbonyl (C=O) groups is 1. The largest absolute Gasteiger partial charge is 0.495 e. The molecule has 32 heavy (non-hydrogen) atoms. The second kappa shape index (κ2) is 10.2. The smallest absolute Gasteiger partial charge is 0.256 e. The van der Waals surface area contributed by atoms with Gasteiger partial charge >= 0.3 is 0 Å². The molecule has 0 unspecified atom stereocenters. The van der Waals surface area contributed by atoms with E-state index in [1.807, 2.05) is 12.1 Å². The zero-order valence-corrected chi connectivity index (χ0v) is 18.7. The lowest BCUT2D eigenvalue weighted by molar-refractivity contribution is 0.102. The number of sulfonamides is 1. The van der Waals surface area contributed by atoms with Crippen LogP contribution in [0.25, 0.3) is 0 Å². The molecule has 0 bridgehead atoms. The number of carbonyl (C=O) groups excluding carboxylic acids is 1. The molecule has 0 spiro atoms. The summed E-state index contributed by atoms with van der Waals surface area (Å²) in [5.74, 6) is 0.183. The van der Waals surface area contributed by atoms with Crippen LogP contribution in [0.15, 0.2) is 66.0 Å². The molecule has 0 atom stereocenters. The molecular weight excluding hydrogens is 432 g/mol. The van der Waals surface area contributed by atoms with E-state index in [2.05, 4.69) is 20.0 Å².